The highest BCUT2D eigenvalue weighted by molar-refractivity contribution is 8.00. The standard InChI is InChI=1S/C24H20Cl2N2O3S/c1-15-5-8-18(12-21(15)26)27-22(29)13-31-20-4-2-3-16(11-20)24-28(23(30)14-32-24)19-9-6-17(25)7-10-19/h2-12,24H,13-14H2,1H3,(H,27,29)/t24-/m0/s1. The number of hydrogen-bond acceptors (Lipinski definition) is 4. The van der Waals surface area contributed by atoms with Gasteiger partial charge in [0.15, 0.2) is 6.61 Å². The number of benzene rings is 3. The van der Waals surface area contributed by atoms with Gasteiger partial charge in [0.05, 0.1) is 5.75 Å². The van der Waals surface area contributed by atoms with Crippen LogP contribution in [0.15, 0.2) is 66.7 Å². The molecule has 0 aliphatic carbocycles. The topological polar surface area (TPSA) is 58.6 Å². The molecule has 0 unspecified atom stereocenters. The van der Waals surface area contributed by atoms with Crippen LogP contribution in [0.3, 0.4) is 0 Å². The quantitative estimate of drug-likeness (QED) is 0.457. The lowest BCUT2D eigenvalue weighted by atomic mass is 10.1. The molecule has 1 fully saturated rings. The van der Waals surface area contributed by atoms with E-state index in [1.165, 1.54) is 0 Å². The van der Waals surface area contributed by atoms with E-state index in [0.29, 0.717) is 27.2 Å². The molecule has 1 aliphatic rings. The van der Waals surface area contributed by atoms with Crippen molar-refractivity contribution in [1.29, 1.82) is 0 Å². The minimum atomic E-state index is -0.288. The Morgan fingerprint density at radius 3 is 2.66 bits per heavy atom. The molecule has 3 aromatic rings. The predicted molar refractivity (Wildman–Crippen MR) is 131 cm³/mol. The molecule has 0 aromatic heterocycles. The van der Waals surface area contributed by atoms with Gasteiger partial charge in [0, 0.05) is 21.4 Å². The number of carbonyl (C=O) groups excluding carboxylic acids is 2. The van der Waals surface area contributed by atoms with Gasteiger partial charge < -0.3 is 10.1 Å². The van der Waals surface area contributed by atoms with E-state index >= 15 is 0 Å². The summed E-state index contributed by atoms with van der Waals surface area (Å²) in [5, 5.41) is 3.79. The first-order valence-corrected chi connectivity index (χ1v) is 11.7. The zero-order valence-electron chi connectivity index (χ0n) is 17.2. The predicted octanol–water partition coefficient (Wildman–Crippen LogP) is 6.10. The van der Waals surface area contributed by atoms with E-state index in [2.05, 4.69) is 5.32 Å². The molecule has 0 bridgehead atoms. The summed E-state index contributed by atoms with van der Waals surface area (Å²) in [6.07, 6.45) is 0. The Balaban J connectivity index is 1.43. The van der Waals surface area contributed by atoms with E-state index in [4.69, 9.17) is 27.9 Å². The number of carbonyl (C=O) groups is 2. The molecular formula is C24H20Cl2N2O3S. The maximum absolute atomic E-state index is 12.5. The first-order chi connectivity index (χ1) is 15.4. The average Bonchev–Trinajstić information content (AvgIpc) is 3.17. The van der Waals surface area contributed by atoms with E-state index < -0.39 is 0 Å². The van der Waals surface area contributed by atoms with E-state index in [9.17, 15) is 9.59 Å². The number of hydrogen-bond donors (Lipinski definition) is 1. The summed E-state index contributed by atoms with van der Waals surface area (Å²) in [6, 6.07) is 20.0. The smallest absolute Gasteiger partial charge is 0.262 e. The first kappa shape index (κ1) is 22.5. The van der Waals surface area contributed by atoms with E-state index in [-0.39, 0.29) is 23.8 Å². The Hall–Kier alpha value is -2.67. The Bertz CT molecular complexity index is 1150. The highest BCUT2D eigenvalue weighted by atomic mass is 35.5. The van der Waals surface area contributed by atoms with Crippen LogP contribution in [0.1, 0.15) is 16.5 Å². The number of aryl methyl sites for hydroxylation is 1. The van der Waals surface area contributed by atoms with Gasteiger partial charge >= 0.3 is 0 Å². The summed E-state index contributed by atoms with van der Waals surface area (Å²) < 4.78 is 5.70. The van der Waals surface area contributed by atoms with Gasteiger partial charge in [-0.05, 0) is 66.6 Å². The molecular weight excluding hydrogens is 467 g/mol. The lowest BCUT2D eigenvalue weighted by Gasteiger charge is -2.24. The van der Waals surface area contributed by atoms with E-state index in [1.54, 1.807) is 47.0 Å². The fraction of sp³-hybridized carbons (Fsp3) is 0.167. The third kappa shape index (κ3) is 5.21. The van der Waals surface area contributed by atoms with Crippen molar-refractivity contribution in [2.75, 3.05) is 22.6 Å². The average molecular weight is 487 g/mol. The molecule has 32 heavy (non-hydrogen) atoms. The zero-order chi connectivity index (χ0) is 22.7. The summed E-state index contributed by atoms with van der Waals surface area (Å²) in [6.45, 7) is 1.75. The number of thioether (sulfide) groups is 1. The van der Waals surface area contributed by atoms with Gasteiger partial charge in [0.2, 0.25) is 5.91 Å². The second-order valence-corrected chi connectivity index (χ2v) is 9.19. The zero-order valence-corrected chi connectivity index (χ0v) is 19.5. The lowest BCUT2D eigenvalue weighted by molar-refractivity contribution is -0.118. The van der Waals surface area contributed by atoms with Crippen LogP contribution in [-0.2, 0) is 9.59 Å². The summed E-state index contributed by atoms with van der Waals surface area (Å²) in [5.41, 5.74) is 3.26. The normalized spacial score (nSPS) is 15.7. The van der Waals surface area contributed by atoms with Crippen LogP contribution in [0.25, 0.3) is 0 Å². The highest BCUT2D eigenvalue weighted by Gasteiger charge is 2.34. The highest BCUT2D eigenvalue weighted by Crippen LogP contribution is 2.42. The van der Waals surface area contributed by atoms with Crippen molar-refractivity contribution < 1.29 is 14.3 Å². The molecule has 8 heteroatoms. The Morgan fingerprint density at radius 1 is 1.12 bits per heavy atom. The first-order valence-electron chi connectivity index (χ1n) is 9.89. The fourth-order valence-electron chi connectivity index (χ4n) is 3.33. The second kappa shape index (κ2) is 9.86. The van der Waals surface area contributed by atoms with Crippen molar-refractivity contribution >= 4 is 58.2 Å². The number of nitrogens with zero attached hydrogens (tertiary/aromatic N) is 1. The Labute approximate surface area is 200 Å². The van der Waals surface area contributed by atoms with Gasteiger partial charge in [-0.15, -0.1) is 11.8 Å². The minimum Gasteiger partial charge on any atom is -0.484 e. The molecule has 0 radical (unpaired) electrons. The van der Waals surface area contributed by atoms with Crippen LogP contribution in [0.2, 0.25) is 10.0 Å². The SMILES string of the molecule is Cc1ccc(NC(=O)COc2cccc([C@@H]3SCC(=O)N3c3ccc(Cl)cc3)c2)cc1Cl. The monoisotopic (exact) mass is 486 g/mol. The van der Waals surface area contributed by atoms with Crippen LogP contribution in [0, 0.1) is 6.92 Å². The van der Waals surface area contributed by atoms with Gasteiger partial charge in [-0.2, -0.15) is 0 Å². The molecule has 4 rings (SSSR count). The second-order valence-electron chi connectivity index (χ2n) is 7.28. The number of rotatable bonds is 6. The van der Waals surface area contributed by atoms with Crippen LogP contribution >= 0.6 is 35.0 Å². The molecule has 1 aliphatic heterocycles. The number of nitrogens with one attached hydrogen (secondary N) is 1. The fourth-order valence-corrected chi connectivity index (χ4v) is 4.80. The van der Waals surface area contributed by atoms with Crippen molar-refractivity contribution in [2.24, 2.45) is 0 Å². The summed E-state index contributed by atoms with van der Waals surface area (Å²) >= 11 is 13.6. The summed E-state index contributed by atoms with van der Waals surface area (Å²) in [5.74, 6) is 0.684. The molecule has 0 saturated carbocycles. The third-order valence-electron chi connectivity index (χ3n) is 4.94. The lowest BCUT2D eigenvalue weighted by Crippen LogP contribution is -2.27. The summed E-state index contributed by atoms with van der Waals surface area (Å²) in [4.78, 5) is 26.6. The van der Waals surface area contributed by atoms with Crippen LogP contribution in [0.4, 0.5) is 11.4 Å². The van der Waals surface area contributed by atoms with Crippen LogP contribution in [0.5, 0.6) is 5.75 Å². The van der Waals surface area contributed by atoms with Crippen molar-refractivity contribution in [2.45, 2.75) is 12.3 Å². The maximum Gasteiger partial charge on any atom is 0.262 e. The number of ether oxygens (including phenoxy) is 1. The number of amides is 2. The van der Waals surface area contributed by atoms with Crippen molar-refractivity contribution in [1.82, 2.24) is 0 Å². The number of anilines is 2. The van der Waals surface area contributed by atoms with Crippen molar-refractivity contribution in [3.05, 3.63) is 87.9 Å². The van der Waals surface area contributed by atoms with Gasteiger partial charge in [-0.3, -0.25) is 14.5 Å². The molecule has 5 nitrogen and oxygen atoms in total. The van der Waals surface area contributed by atoms with Gasteiger partial charge in [0.25, 0.3) is 5.91 Å². The van der Waals surface area contributed by atoms with Gasteiger partial charge in [-0.1, -0.05) is 41.4 Å². The third-order valence-corrected chi connectivity index (χ3v) is 6.81. The van der Waals surface area contributed by atoms with Gasteiger partial charge in [0.1, 0.15) is 11.1 Å². The van der Waals surface area contributed by atoms with Crippen molar-refractivity contribution in [3.8, 4) is 5.75 Å². The largest absolute Gasteiger partial charge is 0.484 e. The molecule has 1 saturated heterocycles. The molecule has 3 aromatic carbocycles. The molecule has 1 atom stereocenters. The maximum atomic E-state index is 12.5. The van der Waals surface area contributed by atoms with Crippen molar-refractivity contribution in [3.63, 3.8) is 0 Å². The Kier molecular flexibility index (Phi) is 6.94. The Morgan fingerprint density at radius 2 is 1.91 bits per heavy atom. The van der Waals surface area contributed by atoms with Gasteiger partial charge in [-0.25, -0.2) is 0 Å². The van der Waals surface area contributed by atoms with E-state index in [0.717, 1.165) is 16.8 Å². The van der Waals surface area contributed by atoms with Crippen LogP contribution < -0.4 is 15.0 Å². The number of halogens is 2. The molecule has 164 valence electrons. The van der Waals surface area contributed by atoms with E-state index in [1.807, 2.05) is 43.3 Å². The van der Waals surface area contributed by atoms with Crippen LogP contribution in [-0.4, -0.2) is 24.2 Å². The minimum absolute atomic E-state index is 0.0322. The molecule has 0 spiro atoms. The molecule has 1 heterocycles. The molecule has 2 amide bonds. The summed E-state index contributed by atoms with van der Waals surface area (Å²) in [7, 11) is 0. The molecule has 1 N–H and O–H groups in total.